The number of aryl methyl sites for hydroxylation is 2. The van der Waals surface area contributed by atoms with Crippen LogP contribution in [0.25, 0.3) is 0 Å². The van der Waals surface area contributed by atoms with Gasteiger partial charge >= 0.3 is 6.03 Å². The molecular formula is C16H24N6O3S. The van der Waals surface area contributed by atoms with Gasteiger partial charge in [-0.05, 0) is 19.4 Å². The molecule has 10 heteroatoms. The van der Waals surface area contributed by atoms with Gasteiger partial charge in [-0.15, -0.1) is 0 Å². The third kappa shape index (κ3) is 4.24. The van der Waals surface area contributed by atoms with Crippen molar-refractivity contribution in [2.75, 3.05) is 24.6 Å². The van der Waals surface area contributed by atoms with Gasteiger partial charge in [0, 0.05) is 37.6 Å². The Balaban J connectivity index is 1.67. The van der Waals surface area contributed by atoms with Crippen LogP contribution in [0, 0.1) is 6.92 Å². The van der Waals surface area contributed by atoms with Crippen LogP contribution in [0.2, 0.25) is 0 Å². The summed E-state index contributed by atoms with van der Waals surface area (Å²) in [7, 11) is -3.18. The second kappa shape index (κ2) is 7.48. The van der Waals surface area contributed by atoms with Crippen LogP contribution >= 0.6 is 0 Å². The van der Waals surface area contributed by atoms with Gasteiger partial charge in [0.1, 0.15) is 0 Å². The monoisotopic (exact) mass is 380 g/mol. The Hall–Kier alpha value is -2.36. The first kappa shape index (κ1) is 18.4. The average Bonchev–Trinajstić information content (AvgIpc) is 3.23. The fourth-order valence-corrected chi connectivity index (χ4v) is 4.51. The summed E-state index contributed by atoms with van der Waals surface area (Å²) < 4.78 is 27.7. The van der Waals surface area contributed by atoms with E-state index in [-0.39, 0.29) is 24.1 Å². The van der Waals surface area contributed by atoms with Gasteiger partial charge in [-0.2, -0.15) is 10.2 Å². The molecule has 1 atom stereocenters. The maximum atomic E-state index is 12.6. The number of carbonyl (C=O) groups is 1. The summed E-state index contributed by atoms with van der Waals surface area (Å²) in [6.45, 7) is 5.76. The second-order valence-corrected chi connectivity index (χ2v) is 8.69. The highest BCUT2D eigenvalue weighted by atomic mass is 32.2. The minimum atomic E-state index is -3.18. The van der Waals surface area contributed by atoms with E-state index < -0.39 is 15.9 Å². The van der Waals surface area contributed by atoms with Gasteiger partial charge in [-0.25, -0.2) is 13.2 Å². The number of aromatic nitrogens is 4. The molecule has 0 radical (unpaired) electrons. The van der Waals surface area contributed by atoms with Crippen LogP contribution in [-0.2, 0) is 22.9 Å². The Bertz CT molecular complexity index is 872. The van der Waals surface area contributed by atoms with Gasteiger partial charge in [-0.3, -0.25) is 9.36 Å². The maximum absolute atomic E-state index is 12.6. The number of carbonyl (C=O) groups excluding carboxylic acids is 1. The number of nitrogens with one attached hydrogen (secondary N) is 1. The summed E-state index contributed by atoms with van der Waals surface area (Å²) in [5.41, 5.74) is 1.80. The lowest BCUT2D eigenvalue weighted by Crippen LogP contribution is -2.50. The first-order valence-corrected chi connectivity index (χ1v) is 10.5. The van der Waals surface area contributed by atoms with E-state index in [1.807, 2.05) is 20.0 Å². The molecule has 3 heterocycles. The predicted octanol–water partition coefficient (Wildman–Crippen LogP) is 0.589. The van der Waals surface area contributed by atoms with E-state index in [0.717, 1.165) is 11.1 Å². The van der Waals surface area contributed by atoms with Crippen LogP contribution in [0.5, 0.6) is 0 Å². The van der Waals surface area contributed by atoms with Crippen molar-refractivity contribution < 1.29 is 13.2 Å². The molecule has 142 valence electrons. The predicted molar refractivity (Wildman–Crippen MR) is 96.4 cm³/mol. The molecule has 0 bridgehead atoms. The van der Waals surface area contributed by atoms with E-state index in [0.29, 0.717) is 19.6 Å². The van der Waals surface area contributed by atoms with E-state index in [9.17, 15) is 13.2 Å². The van der Waals surface area contributed by atoms with Crippen LogP contribution in [-0.4, -0.2) is 63.5 Å². The Morgan fingerprint density at radius 3 is 2.69 bits per heavy atom. The smallest absolute Gasteiger partial charge is 0.318 e. The summed E-state index contributed by atoms with van der Waals surface area (Å²) in [5.74, 6) is -0.0919. The number of hydrogen-bond donors (Lipinski definition) is 1. The molecule has 1 saturated heterocycles. The summed E-state index contributed by atoms with van der Waals surface area (Å²) in [5, 5.41) is 11.2. The normalized spacial score (nSPS) is 19.5. The first-order chi connectivity index (χ1) is 12.4. The number of rotatable bonds is 5. The molecule has 26 heavy (non-hydrogen) atoms. The molecule has 1 fully saturated rings. The summed E-state index contributed by atoms with van der Waals surface area (Å²) in [4.78, 5) is 14.2. The van der Waals surface area contributed by atoms with Gasteiger partial charge in [0.05, 0.1) is 36.5 Å². The fraction of sp³-hybridized carbons (Fsp3) is 0.562. The number of amides is 2. The van der Waals surface area contributed by atoms with Crippen molar-refractivity contribution in [3.63, 3.8) is 0 Å². The Morgan fingerprint density at radius 1 is 1.27 bits per heavy atom. The summed E-state index contributed by atoms with van der Waals surface area (Å²) in [6, 6.07) is -0.779. The second-order valence-electron chi connectivity index (χ2n) is 6.47. The Labute approximate surface area is 152 Å². The third-order valence-electron chi connectivity index (χ3n) is 4.43. The van der Waals surface area contributed by atoms with Gasteiger partial charge in [0.25, 0.3) is 0 Å². The Kier molecular flexibility index (Phi) is 5.30. The van der Waals surface area contributed by atoms with Gasteiger partial charge in [0.15, 0.2) is 9.84 Å². The lowest BCUT2D eigenvalue weighted by atomic mass is 10.1. The van der Waals surface area contributed by atoms with Crippen LogP contribution in [0.15, 0.2) is 24.8 Å². The van der Waals surface area contributed by atoms with Crippen molar-refractivity contribution >= 4 is 15.9 Å². The molecule has 1 aliphatic heterocycles. The van der Waals surface area contributed by atoms with Crippen LogP contribution in [0.1, 0.15) is 24.1 Å². The van der Waals surface area contributed by atoms with Crippen molar-refractivity contribution in [3.05, 3.63) is 35.9 Å². The highest BCUT2D eigenvalue weighted by molar-refractivity contribution is 7.91. The molecule has 1 aliphatic rings. The Morgan fingerprint density at radius 2 is 2.04 bits per heavy atom. The highest BCUT2D eigenvalue weighted by Crippen LogP contribution is 2.26. The van der Waals surface area contributed by atoms with Gasteiger partial charge < -0.3 is 10.2 Å². The molecule has 2 aromatic rings. The zero-order valence-corrected chi connectivity index (χ0v) is 15.8. The minimum absolute atomic E-state index is 0.0167. The van der Waals surface area contributed by atoms with Crippen molar-refractivity contribution in [2.24, 2.45) is 0 Å². The lowest BCUT2D eigenvalue weighted by molar-refractivity contribution is 0.180. The standard InChI is InChI=1S/C16H24N6O3S/c1-3-20-11-14(9-19-20)15-12-26(24,25)7-6-22(15)16(23)17-4-5-21-10-13(2)8-18-21/h8-11,15H,3-7,12H2,1-2H3,(H,17,23). The first-order valence-electron chi connectivity index (χ1n) is 8.64. The average molecular weight is 380 g/mol. The number of nitrogens with zero attached hydrogens (tertiary/aromatic N) is 5. The van der Waals surface area contributed by atoms with E-state index in [4.69, 9.17) is 0 Å². The molecule has 0 aliphatic carbocycles. The molecule has 0 spiro atoms. The third-order valence-corrected chi connectivity index (χ3v) is 6.06. The SMILES string of the molecule is CCn1cc(C2CS(=O)(=O)CCN2C(=O)NCCn2cc(C)cn2)cn1. The summed E-state index contributed by atoms with van der Waals surface area (Å²) >= 11 is 0. The van der Waals surface area contributed by atoms with Crippen LogP contribution < -0.4 is 5.32 Å². The largest absolute Gasteiger partial charge is 0.336 e. The zero-order valence-electron chi connectivity index (χ0n) is 15.0. The van der Waals surface area contributed by atoms with Crippen molar-refractivity contribution in [2.45, 2.75) is 33.0 Å². The fourth-order valence-electron chi connectivity index (χ4n) is 3.02. The molecule has 1 N–H and O–H groups in total. The van der Waals surface area contributed by atoms with Gasteiger partial charge in [-0.1, -0.05) is 0 Å². The molecule has 2 aromatic heterocycles. The molecular weight excluding hydrogens is 356 g/mol. The van der Waals surface area contributed by atoms with Crippen LogP contribution in [0.4, 0.5) is 4.79 Å². The van der Waals surface area contributed by atoms with E-state index in [1.54, 1.807) is 32.9 Å². The number of urea groups is 1. The zero-order chi connectivity index (χ0) is 18.7. The molecule has 3 rings (SSSR count). The van der Waals surface area contributed by atoms with Crippen molar-refractivity contribution in [3.8, 4) is 0 Å². The summed E-state index contributed by atoms with van der Waals surface area (Å²) in [6.07, 6.45) is 7.11. The molecule has 0 saturated carbocycles. The van der Waals surface area contributed by atoms with Crippen LogP contribution in [0.3, 0.4) is 0 Å². The van der Waals surface area contributed by atoms with E-state index in [2.05, 4.69) is 15.5 Å². The number of hydrogen-bond acceptors (Lipinski definition) is 5. The van der Waals surface area contributed by atoms with Crippen molar-refractivity contribution in [1.29, 1.82) is 0 Å². The van der Waals surface area contributed by atoms with E-state index in [1.165, 1.54) is 0 Å². The van der Waals surface area contributed by atoms with E-state index >= 15 is 0 Å². The van der Waals surface area contributed by atoms with Crippen molar-refractivity contribution in [1.82, 2.24) is 29.8 Å². The van der Waals surface area contributed by atoms with Gasteiger partial charge in [0.2, 0.25) is 0 Å². The molecule has 2 amide bonds. The topological polar surface area (TPSA) is 102 Å². The quantitative estimate of drug-likeness (QED) is 0.818. The minimum Gasteiger partial charge on any atom is -0.336 e. The molecule has 1 unspecified atom stereocenters. The highest BCUT2D eigenvalue weighted by Gasteiger charge is 2.35. The number of sulfone groups is 1. The molecule has 9 nitrogen and oxygen atoms in total. The lowest BCUT2D eigenvalue weighted by Gasteiger charge is -2.35. The molecule has 0 aromatic carbocycles. The maximum Gasteiger partial charge on any atom is 0.318 e.